The SMILES string of the molecule is CN(Cc1cc(C(F)(F)F)cc(C(F)(F)F)c1)C(=O)c1cnc(-c2ccncc2)nc1-c1ccccc1. The lowest BCUT2D eigenvalue weighted by molar-refractivity contribution is -0.143. The second kappa shape index (κ2) is 10.00. The number of carbonyl (C=O) groups excluding carboxylic acids is 1. The maximum atomic E-state index is 13.3. The van der Waals surface area contributed by atoms with Crippen LogP contribution in [0, 0.1) is 0 Å². The Labute approximate surface area is 207 Å². The van der Waals surface area contributed by atoms with Crippen LogP contribution >= 0.6 is 0 Å². The summed E-state index contributed by atoms with van der Waals surface area (Å²) in [6.45, 7) is -0.508. The lowest BCUT2D eigenvalue weighted by Crippen LogP contribution is -2.27. The molecule has 4 aromatic rings. The lowest BCUT2D eigenvalue weighted by atomic mass is 10.0. The van der Waals surface area contributed by atoms with E-state index in [9.17, 15) is 31.1 Å². The molecular weight excluding hydrogens is 498 g/mol. The number of halogens is 6. The van der Waals surface area contributed by atoms with E-state index in [0.717, 1.165) is 4.90 Å². The molecule has 0 spiro atoms. The van der Waals surface area contributed by atoms with E-state index in [-0.39, 0.29) is 22.9 Å². The number of benzene rings is 2. The zero-order chi connectivity index (χ0) is 26.8. The first kappa shape index (κ1) is 25.8. The van der Waals surface area contributed by atoms with Crippen LogP contribution in [0.25, 0.3) is 22.6 Å². The molecule has 4 rings (SSSR count). The average Bonchev–Trinajstić information content (AvgIpc) is 2.87. The third-order valence-corrected chi connectivity index (χ3v) is 5.42. The monoisotopic (exact) mass is 516 g/mol. The first-order valence-corrected chi connectivity index (χ1v) is 10.8. The standard InChI is InChI=1S/C26H18F6N4O/c1-36(15-16-11-19(25(27,28)29)13-20(12-16)26(30,31)32)24(37)21-14-34-23(18-7-9-33-10-8-18)35-22(21)17-5-3-2-4-6-17/h2-14H,15H2,1H3. The van der Waals surface area contributed by atoms with Gasteiger partial charge in [0, 0.05) is 43.3 Å². The second-order valence-electron chi connectivity index (χ2n) is 8.13. The largest absolute Gasteiger partial charge is 0.416 e. The van der Waals surface area contributed by atoms with Crippen LogP contribution in [0.15, 0.2) is 79.3 Å². The summed E-state index contributed by atoms with van der Waals surface area (Å²) in [6.07, 6.45) is -5.58. The molecule has 2 aromatic carbocycles. The Morgan fingerprint density at radius 3 is 2.00 bits per heavy atom. The van der Waals surface area contributed by atoms with Gasteiger partial charge >= 0.3 is 12.4 Å². The second-order valence-corrected chi connectivity index (χ2v) is 8.13. The van der Waals surface area contributed by atoms with Gasteiger partial charge in [-0.05, 0) is 35.9 Å². The molecule has 5 nitrogen and oxygen atoms in total. The molecule has 1 amide bonds. The van der Waals surface area contributed by atoms with Gasteiger partial charge in [-0.25, -0.2) is 9.97 Å². The van der Waals surface area contributed by atoms with Crippen molar-refractivity contribution in [2.24, 2.45) is 0 Å². The van der Waals surface area contributed by atoms with Crippen LogP contribution in [0.2, 0.25) is 0 Å². The molecule has 11 heteroatoms. The van der Waals surface area contributed by atoms with Gasteiger partial charge in [-0.1, -0.05) is 30.3 Å². The Morgan fingerprint density at radius 2 is 1.43 bits per heavy atom. The Morgan fingerprint density at radius 1 is 0.838 bits per heavy atom. The first-order valence-electron chi connectivity index (χ1n) is 10.8. The van der Waals surface area contributed by atoms with Crippen molar-refractivity contribution in [3.8, 4) is 22.6 Å². The average molecular weight is 516 g/mol. The van der Waals surface area contributed by atoms with Gasteiger partial charge in [-0.3, -0.25) is 9.78 Å². The molecule has 0 saturated heterocycles. The van der Waals surface area contributed by atoms with Crippen molar-refractivity contribution in [1.29, 1.82) is 0 Å². The van der Waals surface area contributed by atoms with E-state index in [1.165, 1.54) is 13.2 Å². The zero-order valence-corrected chi connectivity index (χ0v) is 19.2. The summed E-state index contributed by atoms with van der Waals surface area (Å²) in [4.78, 5) is 27.1. The van der Waals surface area contributed by atoms with Crippen LogP contribution in [0.1, 0.15) is 27.0 Å². The highest BCUT2D eigenvalue weighted by Crippen LogP contribution is 2.36. The van der Waals surface area contributed by atoms with Crippen LogP contribution < -0.4 is 0 Å². The maximum absolute atomic E-state index is 13.3. The van der Waals surface area contributed by atoms with Crippen LogP contribution in [0.4, 0.5) is 26.3 Å². The zero-order valence-electron chi connectivity index (χ0n) is 19.2. The minimum absolute atomic E-state index is 0.0366. The molecule has 0 aliphatic heterocycles. The van der Waals surface area contributed by atoms with Gasteiger partial charge < -0.3 is 4.90 Å². The molecule has 0 aliphatic carbocycles. The summed E-state index contributed by atoms with van der Waals surface area (Å²) in [6, 6.07) is 13.3. The van der Waals surface area contributed by atoms with Crippen LogP contribution in [0.3, 0.4) is 0 Å². The quantitative estimate of drug-likeness (QED) is 0.284. The molecule has 0 radical (unpaired) electrons. The molecule has 0 aliphatic rings. The van der Waals surface area contributed by atoms with E-state index < -0.39 is 35.9 Å². The summed E-state index contributed by atoms with van der Waals surface area (Å²) in [5, 5.41) is 0. The fraction of sp³-hybridized carbons (Fsp3) is 0.154. The van der Waals surface area contributed by atoms with Gasteiger partial charge in [0.15, 0.2) is 5.82 Å². The van der Waals surface area contributed by atoms with Gasteiger partial charge in [-0.15, -0.1) is 0 Å². The predicted molar refractivity (Wildman–Crippen MR) is 123 cm³/mol. The van der Waals surface area contributed by atoms with Gasteiger partial charge in [-0.2, -0.15) is 26.3 Å². The molecule has 0 unspecified atom stereocenters. The molecule has 0 N–H and O–H groups in total. The van der Waals surface area contributed by atoms with Crippen molar-refractivity contribution in [3.05, 3.63) is 102 Å². The number of pyridine rings is 1. The summed E-state index contributed by atoms with van der Waals surface area (Å²) in [5.41, 5.74) is -1.71. The molecule has 2 heterocycles. The van der Waals surface area contributed by atoms with Crippen molar-refractivity contribution in [3.63, 3.8) is 0 Å². The molecule has 37 heavy (non-hydrogen) atoms. The normalized spacial score (nSPS) is 11.9. The van der Waals surface area contributed by atoms with E-state index in [1.807, 2.05) is 0 Å². The van der Waals surface area contributed by atoms with Gasteiger partial charge in [0.2, 0.25) is 0 Å². The molecule has 0 fully saturated rings. The highest BCUT2D eigenvalue weighted by atomic mass is 19.4. The van der Waals surface area contributed by atoms with Crippen LogP contribution in [-0.2, 0) is 18.9 Å². The Bertz CT molecular complexity index is 1370. The number of carbonyl (C=O) groups is 1. The number of alkyl halides is 6. The molecule has 0 saturated carbocycles. The van der Waals surface area contributed by atoms with Crippen molar-refractivity contribution in [2.75, 3.05) is 7.05 Å². The minimum atomic E-state index is -4.99. The van der Waals surface area contributed by atoms with E-state index in [4.69, 9.17) is 0 Å². The number of hydrogen-bond acceptors (Lipinski definition) is 4. The summed E-state index contributed by atoms with van der Waals surface area (Å²) < 4.78 is 79.5. The molecular formula is C26H18F6N4O. The predicted octanol–water partition coefficient (Wildman–Crippen LogP) is 6.52. The van der Waals surface area contributed by atoms with Crippen molar-refractivity contribution in [1.82, 2.24) is 19.9 Å². The maximum Gasteiger partial charge on any atom is 0.416 e. The van der Waals surface area contributed by atoms with Crippen molar-refractivity contribution >= 4 is 5.91 Å². The van der Waals surface area contributed by atoms with Gasteiger partial charge in [0.1, 0.15) is 0 Å². The lowest BCUT2D eigenvalue weighted by Gasteiger charge is -2.21. The number of aromatic nitrogens is 3. The van der Waals surface area contributed by atoms with E-state index in [2.05, 4.69) is 15.0 Å². The molecule has 2 aromatic heterocycles. The Hall–Kier alpha value is -4.28. The number of nitrogens with zero attached hydrogens (tertiary/aromatic N) is 4. The van der Waals surface area contributed by atoms with Crippen LogP contribution in [0.5, 0.6) is 0 Å². The fourth-order valence-electron chi connectivity index (χ4n) is 3.66. The topological polar surface area (TPSA) is 59.0 Å². The van der Waals surface area contributed by atoms with Crippen molar-refractivity contribution in [2.45, 2.75) is 18.9 Å². The molecule has 190 valence electrons. The minimum Gasteiger partial charge on any atom is -0.337 e. The third kappa shape index (κ3) is 5.93. The number of hydrogen-bond donors (Lipinski definition) is 0. The number of amides is 1. The fourth-order valence-corrected chi connectivity index (χ4v) is 3.66. The highest BCUT2D eigenvalue weighted by Gasteiger charge is 2.37. The van der Waals surface area contributed by atoms with Crippen molar-refractivity contribution < 1.29 is 31.1 Å². The first-order chi connectivity index (χ1) is 17.4. The van der Waals surface area contributed by atoms with E-state index in [1.54, 1.807) is 54.9 Å². The van der Waals surface area contributed by atoms with Gasteiger partial charge in [0.05, 0.1) is 22.4 Å². The third-order valence-electron chi connectivity index (χ3n) is 5.42. The smallest absolute Gasteiger partial charge is 0.337 e. The highest BCUT2D eigenvalue weighted by molar-refractivity contribution is 5.99. The Balaban J connectivity index is 1.72. The van der Waals surface area contributed by atoms with E-state index >= 15 is 0 Å². The summed E-state index contributed by atoms with van der Waals surface area (Å²) in [5.74, 6) is -0.362. The Kier molecular flexibility index (Phi) is 6.97. The number of rotatable bonds is 5. The summed E-state index contributed by atoms with van der Waals surface area (Å²) in [7, 11) is 1.28. The molecule has 0 atom stereocenters. The molecule has 0 bridgehead atoms. The summed E-state index contributed by atoms with van der Waals surface area (Å²) >= 11 is 0. The van der Waals surface area contributed by atoms with Gasteiger partial charge in [0.25, 0.3) is 5.91 Å². The van der Waals surface area contributed by atoms with Crippen LogP contribution in [-0.4, -0.2) is 32.8 Å². The van der Waals surface area contributed by atoms with E-state index in [0.29, 0.717) is 29.1 Å².